The molecule has 0 saturated carbocycles. The number of phenols is 1. The van der Waals surface area contributed by atoms with Crippen molar-refractivity contribution in [2.24, 2.45) is 5.73 Å². The Hall–Kier alpha value is -2.61. The maximum atomic E-state index is 11.6. The van der Waals surface area contributed by atoms with Gasteiger partial charge in [-0.15, -0.1) is 0 Å². The predicted molar refractivity (Wildman–Crippen MR) is 94.3 cm³/mol. The van der Waals surface area contributed by atoms with E-state index < -0.39 is 5.91 Å². The Bertz CT molecular complexity index is 820. The molecule has 1 aromatic heterocycles. The molecule has 0 unspecified atom stereocenters. The van der Waals surface area contributed by atoms with Gasteiger partial charge in [0.05, 0.1) is 11.3 Å². The molecule has 0 bridgehead atoms. The number of hydrogen-bond acceptors (Lipinski definition) is 6. The summed E-state index contributed by atoms with van der Waals surface area (Å²) in [5.74, 6) is -0.407. The van der Waals surface area contributed by atoms with Crippen molar-refractivity contribution in [2.75, 3.05) is 18.1 Å². The fraction of sp³-hybridized carbons (Fsp3) is 0.133. The second-order valence-electron chi connectivity index (χ2n) is 4.85. The zero-order valence-electron chi connectivity index (χ0n) is 12.6. The molecule has 0 aliphatic carbocycles. The van der Waals surface area contributed by atoms with E-state index in [-0.39, 0.29) is 27.6 Å². The molecule has 8 heteroatoms. The Morgan fingerprint density at radius 3 is 2.61 bits per heavy atom. The number of nitrogens with one attached hydrogen (secondary N) is 2. The first kappa shape index (κ1) is 16.8. The van der Waals surface area contributed by atoms with E-state index in [1.54, 1.807) is 32.2 Å². The number of phenolic OH excluding ortho intramolecular Hbond substituents is 1. The van der Waals surface area contributed by atoms with Crippen LogP contribution in [-0.2, 0) is 0 Å². The highest BCUT2D eigenvalue weighted by atomic mass is 79.9. The maximum absolute atomic E-state index is 11.6. The number of rotatable bonds is 4. The van der Waals surface area contributed by atoms with Crippen LogP contribution in [0.2, 0.25) is 0 Å². The van der Waals surface area contributed by atoms with E-state index in [9.17, 15) is 9.90 Å². The lowest BCUT2D eigenvalue weighted by atomic mass is 9.93. The molecule has 0 spiro atoms. The molecule has 120 valence electrons. The average Bonchev–Trinajstić information content (AvgIpc) is 2.49. The van der Waals surface area contributed by atoms with E-state index in [1.165, 1.54) is 0 Å². The predicted octanol–water partition coefficient (Wildman–Crippen LogP) is 2.21. The molecule has 7 nitrogen and oxygen atoms in total. The first-order valence-corrected chi connectivity index (χ1v) is 7.43. The number of pyridine rings is 1. The van der Waals surface area contributed by atoms with Crippen LogP contribution in [0.25, 0.3) is 11.1 Å². The first-order chi connectivity index (χ1) is 10.8. The molecule has 2 aromatic rings. The molecule has 0 fully saturated rings. The standard InChI is InChI=1S/C15H16BrN5O2/c1-6-7(4-3-5-8(6)22)9-10(13(16)18)15(20-2)21-12(11(9)17)14(19)23/h3-5,18,22H,17H2,1-2H3,(H2,19,23)(H,20,21). The zero-order valence-corrected chi connectivity index (χ0v) is 14.2. The summed E-state index contributed by atoms with van der Waals surface area (Å²) in [6.07, 6.45) is 0. The molecule has 2 rings (SSSR count). The minimum Gasteiger partial charge on any atom is -0.508 e. The van der Waals surface area contributed by atoms with Crippen LogP contribution in [0.3, 0.4) is 0 Å². The number of nitrogens with two attached hydrogens (primary N) is 2. The van der Waals surface area contributed by atoms with Gasteiger partial charge < -0.3 is 21.9 Å². The Morgan fingerprint density at radius 2 is 2.09 bits per heavy atom. The van der Waals surface area contributed by atoms with Gasteiger partial charge in [-0.2, -0.15) is 0 Å². The number of aromatic hydroxyl groups is 1. The minimum atomic E-state index is -0.772. The van der Waals surface area contributed by atoms with Crippen LogP contribution < -0.4 is 16.8 Å². The number of aromatic nitrogens is 1. The van der Waals surface area contributed by atoms with Crippen molar-refractivity contribution in [1.82, 2.24) is 4.98 Å². The van der Waals surface area contributed by atoms with Gasteiger partial charge in [0.25, 0.3) is 5.91 Å². The summed E-state index contributed by atoms with van der Waals surface area (Å²) in [7, 11) is 1.61. The van der Waals surface area contributed by atoms with Crippen molar-refractivity contribution in [3.8, 4) is 16.9 Å². The van der Waals surface area contributed by atoms with Gasteiger partial charge in [-0.05, 0) is 40.0 Å². The van der Waals surface area contributed by atoms with Gasteiger partial charge in [0, 0.05) is 12.6 Å². The second-order valence-corrected chi connectivity index (χ2v) is 5.64. The summed E-state index contributed by atoms with van der Waals surface area (Å²) >= 11 is 3.13. The number of nitrogens with zero attached hydrogens (tertiary/aromatic N) is 1. The topological polar surface area (TPSA) is 138 Å². The van der Waals surface area contributed by atoms with Crippen molar-refractivity contribution in [1.29, 1.82) is 5.41 Å². The summed E-state index contributed by atoms with van der Waals surface area (Å²) in [4.78, 5) is 15.7. The number of nitrogen functional groups attached to an aromatic ring is 1. The highest BCUT2D eigenvalue weighted by Gasteiger charge is 2.24. The molecule has 23 heavy (non-hydrogen) atoms. The average molecular weight is 378 g/mol. The summed E-state index contributed by atoms with van der Waals surface area (Å²) in [5, 5.41) is 20.8. The van der Waals surface area contributed by atoms with Crippen molar-refractivity contribution < 1.29 is 9.90 Å². The van der Waals surface area contributed by atoms with Gasteiger partial charge >= 0.3 is 0 Å². The van der Waals surface area contributed by atoms with Crippen molar-refractivity contribution >= 4 is 38.0 Å². The number of benzene rings is 1. The lowest BCUT2D eigenvalue weighted by Gasteiger charge is -2.19. The third-order valence-corrected chi connectivity index (χ3v) is 3.90. The van der Waals surface area contributed by atoms with Crippen LogP contribution in [0.15, 0.2) is 18.2 Å². The van der Waals surface area contributed by atoms with Crippen LogP contribution in [0.5, 0.6) is 5.75 Å². The summed E-state index contributed by atoms with van der Waals surface area (Å²) in [5.41, 5.74) is 13.4. The van der Waals surface area contributed by atoms with E-state index in [1.807, 2.05) is 0 Å². The molecule has 1 aromatic carbocycles. The molecule has 0 aliphatic rings. The van der Waals surface area contributed by atoms with E-state index >= 15 is 0 Å². The summed E-state index contributed by atoms with van der Waals surface area (Å²) in [6, 6.07) is 4.94. The van der Waals surface area contributed by atoms with E-state index in [0.717, 1.165) is 0 Å². The number of primary amides is 1. The molecule has 0 atom stereocenters. The summed E-state index contributed by atoms with van der Waals surface area (Å²) < 4.78 is 0.0369. The largest absolute Gasteiger partial charge is 0.508 e. The smallest absolute Gasteiger partial charge is 0.269 e. The SMILES string of the molecule is CNc1nc(C(N)=O)c(N)c(-c2cccc(O)c2C)c1C(=N)Br. The number of hydrogen-bond donors (Lipinski definition) is 5. The van der Waals surface area contributed by atoms with Crippen LogP contribution in [-0.4, -0.2) is 27.7 Å². The number of carbonyl (C=O) groups is 1. The molecule has 0 radical (unpaired) electrons. The third-order valence-electron chi connectivity index (χ3n) is 3.50. The van der Waals surface area contributed by atoms with E-state index in [4.69, 9.17) is 16.9 Å². The number of anilines is 2. The van der Waals surface area contributed by atoms with Crippen LogP contribution in [0, 0.1) is 12.3 Å². The molecule has 0 saturated heterocycles. The fourth-order valence-electron chi connectivity index (χ4n) is 2.36. The van der Waals surface area contributed by atoms with Crippen molar-refractivity contribution in [2.45, 2.75) is 6.92 Å². The lowest BCUT2D eigenvalue weighted by molar-refractivity contribution is 0.0996. The van der Waals surface area contributed by atoms with Gasteiger partial charge in [0.15, 0.2) is 5.69 Å². The van der Waals surface area contributed by atoms with Gasteiger partial charge in [-0.3, -0.25) is 10.2 Å². The van der Waals surface area contributed by atoms with Crippen molar-refractivity contribution in [3.05, 3.63) is 35.0 Å². The number of carbonyl (C=O) groups excluding carboxylic acids is 1. The molecule has 1 heterocycles. The fourth-order valence-corrected chi connectivity index (χ4v) is 2.74. The maximum Gasteiger partial charge on any atom is 0.269 e. The minimum absolute atomic E-state index is 0.0369. The van der Waals surface area contributed by atoms with Crippen LogP contribution in [0.4, 0.5) is 11.5 Å². The zero-order chi connectivity index (χ0) is 17.3. The second kappa shape index (κ2) is 6.25. The molecule has 0 aliphatic heterocycles. The Balaban J connectivity index is 3.00. The lowest BCUT2D eigenvalue weighted by Crippen LogP contribution is -2.19. The van der Waals surface area contributed by atoms with Crippen molar-refractivity contribution in [3.63, 3.8) is 0 Å². The monoisotopic (exact) mass is 377 g/mol. The van der Waals surface area contributed by atoms with Gasteiger partial charge in [0.1, 0.15) is 16.2 Å². The first-order valence-electron chi connectivity index (χ1n) is 6.64. The Kier molecular flexibility index (Phi) is 4.55. The Labute approximate surface area is 141 Å². The molecule has 7 N–H and O–H groups in total. The molecular weight excluding hydrogens is 362 g/mol. The van der Waals surface area contributed by atoms with Gasteiger partial charge in [-0.25, -0.2) is 4.98 Å². The normalized spacial score (nSPS) is 10.4. The van der Waals surface area contributed by atoms with Crippen LogP contribution >= 0.6 is 15.9 Å². The third kappa shape index (κ3) is 2.85. The van der Waals surface area contributed by atoms with E-state index in [0.29, 0.717) is 22.3 Å². The van der Waals surface area contributed by atoms with Crippen LogP contribution in [0.1, 0.15) is 21.6 Å². The highest BCUT2D eigenvalue weighted by molar-refractivity contribution is 9.18. The number of halogens is 1. The van der Waals surface area contributed by atoms with Gasteiger partial charge in [0.2, 0.25) is 0 Å². The molecular formula is C15H16BrN5O2. The van der Waals surface area contributed by atoms with Gasteiger partial charge in [-0.1, -0.05) is 12.1 Å². The molecule has 1 amide bonds. The highest BCUT2D eigenvalue weighted by Crippen LogP contribution is 2.39. The van der Waals surface area contributed by atoms with E-state index in [2.05, 4.69) is 26.2 Å². The summed E-state index contributed by atoms with van der Waals surface area (Å²) in [6.45, 7) is 1.72. The quantitative estimate of drug-likeness (QED) is 0.519. The Morgan fingerprint density at radius 1 is 1.43 bits per heavy atom. The number of amides is 1.